The van der Waals surface area contributed by atoms with Crippen molar-refractivity contribution in [2.45, 2.75) is 58.0 Å². The van der Waals surface area contributed by atoms with Crippen LogP contribution in [0.5, 0.6) is 0 Å². The molecule has 1 aromatic carbocycles. The Hall–Kier alpha value is -2.15. The maximum absolute atomic E-state index is 12.9. The van der Waals surface area contributed by atoms with E-state index in [1.807, 2.05) is 18.7 Å². The minimum atomic E-state index is 0.130. The highest BCUT2D eigenvalue weighted by Gasteiger charge is 2.20. The van der Waals surface area contributed by atoms with E-state index in [-0.39, 0.29) is 5.91 Å². The summed E-state index contributed by atoms with van der Waals surface area (Å²) in [7, 11) is 0. The fourth-order valence-electron chi connectivity index (χ4n) is 3.29. The molecule has 1 amide bonds. The molecule has 1 aliphatic rings. The maximum atomic E-state index is 12.9. The van der Waals surface area contributed by atoms with Crippen LogP contribution in [0.25, 0.3) is 5.69 Å². The van der Waals surface area contributed by atoms with E-state index in [0.29, 0.717) is 10.9 Å². The van der Waals surface area contributed by atoms with E-state index >= 15 is 0 Å². The molecule has 6 nitrogen and oxygen atoms in total. The molecule has 3 rings (SSSR count). The van der Waals surface area contributed by atoms with Crippen molar-refractivity contribution in [3.8, 4) is 5.69 Å². The van der Waals surface area contributed by atoms with Crippen LogP contribution in [-0.2, 0) is 4.79 Å². The second kappa shape index (κ2) is 9.17. The molecule has 0 fully saturated rings. The molecule has 1 aliphatic carbocycles. The predicted octanol–water partition coefficient (Wildman–Crippen LogP) is 4.07. The molecule has 144 valence electrons. The average Bonchev–Trinajstić information content (AvgIpc) is 3.15. The molecule has 0 atom stereocenters. The second-order valence-corrected chi connectivity index (χ2v) is 7.88. The van der Waals surface area contributed by atoms with Gasteiger partial charge in [0.25, 0.3) is 0 Å². The number of thioether (sulfide) groups is 1. The summed E-state index contributed by atoms with van der Waals surface area (Å²) in [5, 5.41) is 12.7. The number of hydrogen-bond donors (Lipinski definition) is 0. The number of benzene rings is 1. The zero-order chi connectivity index (χ0) is 19.2. The smallest absolute Gasteiger partial charge is 0.237 e. The number of allylic oxidation sites excluding steroid dienone is 2. The first-order valence-corrected chi connectivity index (χ1v) is 10.6. The van der Waals surface area contributed by atoms with E-state index < -0.39 is 0 Å². The minimum Gasteiger partial charge on any atom is -0.316 e. The monoisotopic (exact) mass is 385 g/mol. The third-order valence-corrected chi connectivity index (χ3v) is 5.62. The van der Waals surface area contributed by atoms with Gasteiger partial charge in [0.05, 0.1) is 11.4 Å². The van der Waals surface area contributed by atoms with Crippen molar-refractivity contribution < 1.29 is 4.79 Å². The largest absolute Gasteiger partial charge is 0.316 e. The third kappa shape index (κ3) is 4.77. The van der Waals surface area contributed by atoms with Gasteiger partial charge in [-0.1, -0.05) is 36.9 Å². The van der Waals surface area contributed by atoms with Crippen molar-refractivity contribution in [3.05, 3.63) is 41.1 Å². The number of aromatic nitrogens is 4. The molecule has 2 aromatic rings. The molecule has 27 heavy (non-hydrogen) atoms. The predicted molar refractivity (Wildman–Crippen MR) is 108 cm³/mol. The molecule has 0 bridgehead atoms. The van der Waals surface area contributed by atoms with Crippen LogP contribution >= 0.6 is 11.8 Å². The Kier molecular flexibility index (Phi) is 6.66. The maximum Gasteiger partial charge on any atom is 0.237 e. The lowest BCUT2D eigenvalue weighted by Crippen LogP contribution is -2.33. The SMILES string of the molecule is CCCN(C(=O)CSc1nnnn1-c1cc(C)ccc1C)C1=CCCCC1. The Bertz CT molecular complexity index is 830. The highest BCUT2D eigenvalue weighted by molar-refractivity contribution is 7.99. The molecule has 1 heterocycles. The number of carbonyl (C=O) groups excluding carboxylic acids is 1. The van der Waals surface area contributed by atoms with Crippen LogP contribution < -0.4 is 0 Å². The number of amides is 1. The summed E-state index contributed by atoms with van der Waals surface area (Å²) in [5.41, 5.74) is 4.38. The molecule has 0 saturated carbocycles. The van der Waals surface area contributed by atoms with Crippen molar-refractivity contribution in [2.75, 3.05) is 12.3 Å². The van der Waals surface area contributed by atoms with Gasteiger partial charge < -0.3 is 4.90 Å². The van der Waals surface area contributed by atoms with Gasteiger partial charge in [-0.2, -0.15) is 4.68 Å². The van der Waals surface area contributed by atoms with Crippen molar-refractivity contribution in [3.63, 3.8) is 0 Å². The summed E-state index contributed by atoms with van der Waals surface area (Å²) in [4.78, 5) is 14.8. The first-order chi connectivity index (χ1) is 13.1. The van der Waals surface area contributed by atoms with Gasteiger partial charge in [-0.25, -0.2) is 0 Å². The number of nitrogens with zero attached hydrogens (tertiary/aromatic N) is 5. The van der Waals surface area contributed by atoms with Crippen LogP contribution in [0.4, 0.5) is 0 Å². The number of rotatable bonds is 7. The van der Waals surface area contributed by atoms with Crippen LogP contribution in [0, 0.1) is 13.8 Å². The van der Waals surface area contributed by atoms with Crippen LogP contribution in [0.15, 0.2) is 35.1 Å². The molecule has 0 radical (unpaired) electrons. The van der Waals surface area contributed by atoms with E-state index in [2.05, 4.69) is 46.7 Å². The van der Waals surface area contributed by atoms with Gasteiger partial charge in [0, 0.05) is 12.2 Å². The highest BCUT2D eigenvalue weighted by atomic mass is 32.2. The lowest BCUT2D eigenvalue weighted by atomic mass is 10.0. The zero-order valence-corrected chi connectivity index (χ0v) is 17.1. The topological polar surface area (TPSA) is 63.9 Å². The summed E-state index contributed by atoms with van der Waals surface area (Å²) in [6.45, 7) is 6.96. The quantitative estimate of drug-likeness (QED) is 0.672. The number of aryl methyl sites for hydroxylation is 2. The molecule has 0 spiro atoms. The number of hydrogen-bond acceptors (Lipinski definition) is 5. The number of tetrazole rings is 1. The molecule has 0 N–H and O–H groups in total. The fourth-order valence-corrected chi connectivity index (χ4v) is 4.05. The fraction of sp³-hybridized carbons (Fsp3) is 0.500. The van der Waals surface area contributed by atoms with Gasteiger partial charge in [-0.15, -0.1) is 5.10 Å². The molecule has 0 aliphatic heterocycles. The Balaban J connectivity index is 1.73. The summed E-state index contributed by atoms with van der Waals surface area (Å²) in [6, 6.07) is 6.19. The van der Waals surface area contributed by atoms with Gasteiger partial charge in [0.2, 0.25) is 11.1 Å². The minimum absolute atomic E-state index is 0.130. The molecule has 7 heteroatoms. The van der Waals surface area contributed by atoms with Crippen LogP contribution in [0.3, 0.4) is 0 Å². The summed E-state index contributed by atoms with van der Waals surface area (Å²) in [5.74, 6) is 0.466. The average molecular weight is 386 g/mol. The van der Waals surface area contributed by atoms with Crippen LogP contribution in [0.1, 0.15) is 50.2 Å². The van der Waals surface area contributed by atoms with Crippen molar-refractivity contribution in [1.82, 2.24) is 25.1 Å². The first kappa shape index (κ1) is 19.6. The van der Waals surface area contributed by atoms with E-state index in [1.54, 1.807) is 4.68 Å². The zero-order valence-electron chi connectivity index (χ0n) is 16.3. The molecular weight excluding hydrogens is 358 g/mol. The van der Waals surface area contributed by atoms with Gasteiger partial charge in [0.15, 0.2) is 0 Å². The van der Waals surface area contributed by atoms with Gasteiger partial charge in [-0.3, -0.25) is 4.79 Å². The van der Waals surface area contributed by atoms with Crippen LogP contribution in [0.2, 0.25) is 0 Å². The Morgan fingerprint density at radius 3 is 2.89 bits per heavy atom. The normalized spacial score (nSPS) is 14.1. The highest BCUT2D eigenvalue weighted by Crippen LogP contribution is 2.25. The lowest BCUT2D eigenvalue weighted by Gasteiger charge is -2.27. The molecular formula is C20H27N5OS. The van der Waals surface area contributed by atoms with E-state index in [1.165, 1.54) is 23.9 Å². The van der Waals surface area contributed by atoms with Crippen molar-refractivity contribution in [1.29, 1.82) is 0 Å². The molecule has 0 saturated heterocycles. The third-order valence-electron chi connectivity index (χ3n) is 4.72. The van der Waals surface area contributed by atoms with E-state index in [9.17, 15) is 4.79 Å². The van der Waals surface area contributed by atoms with E-state index in [4.69, 9.17) is 0 Å². The van der Waals surface area contributed by atoms with Gasteiger partial charge in [-0.05, 0) is 73.6 Å². The van der Waals surface area contributed by atoms with Gasteiger partial charge >= 0.3 is 0 Å². The first-order valence-electron chi connectivity index (χ1n) is 9.58. The Morgan fingerprint density at radius 1 is 1.30 bits per heavy atom. The summed E-state index contributed by atoms with van der Waals surface area (Å²) in [6.07, 6.45) is 7.63. The Labute approximate surface area is 165 Å². The number of carbonyl (C=O) groups is 1. The van der Waals surface area contributed by atoms with Crippen molar-refractivity contribution >= 4 is 17.7 Å². The summed E-state index contributed by atoms with van der Waals surface area (Å²) < 4.78 is 1.73. The lowest BCUT2D eigenvalue weighted by molar-refractivity contribution is -0.126. The second-order valence-electron chi connectivity index (χ2n) is 6.94. The van der Waals surface area contributed by atoms with E-state index in [0.717, 1.165) is 49.0 Å². The van der Waals surface area contributed by atoms with Crippen molar-refractivity contribution in [2.24, 2.45) is 0 Å². The standard InChI is InChI=1S/C20H27N5OS/c1-4-12-24(17-8-6-5-7-9-17)19(26)14-27-20-21-22-23-25(20)18-13-15(2)10-11-16(18)3/h8,10-11,13H,4-7,9,12,14H2,1-3H3. The summed E-state index contributed by atoms with van der Waals surface area (Å²) >= 11 is 1.40. The molecule has 0 unspecified atom stereocenters. The Morgan fingerprint density at radius 2 is 2.15 bits per heavy atom. The molecule has 1 aromatic heterocycles. The van der Waals surface area contributed by atoms with Crippen LogP contribution in [-0.4, -0.2) is 43.3 Å². The van der Waals surface area contributed by atoms with Gasteiger partial charge in [0.1, 0.15) is 0 Å².